The SMILES string of the molecule is C[C@H]1C[C@H](F)C(=O)N1. The van der Waals surface area contributed by atoms with E-state index in [-0.39, 0.29) is 6.04 Å². The van der Waals surface area contributed by atoms with Gasteiger partial charge >= 0.3 is 0 Å². The molecule has 3 heteroatoms. The normalized spacial score (nSPS) is 37.5. The zero-order chi connectivity index (χ0) is 6.15. The van der Waals surface area contributed by atoms with Crippen molar-refractivity contribution in [3.05, 3.63) is 0 Å². The summed E-state index contributed by atoms with van der Waals surface area (Å²) in [6, 6.07) is 0.0255. The van der Waals surface area contributed by atoms with Gasteiger partial charge in [0, 0.05) is 12.5 Å². The molecule has 2 atom stereocenters. The Morgan fingerprint density at radius 3 is 2.62 bits per heavy atom. The van der Waals surface area contributed by atoms with E-state index in [2.05, 4.69) is 5.32 Å². The van der Waals surface area contributed by atoms with E-state index in [1.54, 1.807) is 6.92 Å². The molecule has 46 valence electrons. The molecule has 0 saturated carbocycles. The lowest BCUT2D eigenvalue weighted by molar-refractivity contribution is -0.123. The van der Waals surface area contributed by atoms with Crippen LogP contribution in [0.25, 0.3) is 0 Å². The quantitative estimate of drug-likeness (QED) is 0.483. The van der Waals surface area contributed by atoms with Crippen molar-refractivity contribution in [1.82, 2.24) is 5.32 Å². The number of hydrogen-bond donors (Lipinski definition) is 1. The van der Waals surface area contributed by atoms with Crippen molar-refractivity contribution in [3.8, 4) is 0 Å². The molecule has 1 rings (SSSR count). The van der Waals surface area contributed by atoms with Gasteiger partial charge in [0.15, 0.2) is 6.17 Å². The number of halogens is 1. The summed E-state index contributed by atoms with van der Waals surface area (Å²) >= 11 is 0. The summed E-state index contributed by atoms with van der Waals surface area (Å²) in [5, 5.41) is 2.45. The third-order valence-corrected chi connectivity index (χ3v) is 1.23. The van der Waals surface area contributed by atoms with E-state index < -0.39 is 12.1 Å². The minimum atomic E-state index is -1.26. The minimum absolute atomic E-state index is 0.0255. The first-order chi connectivity index (χ1) is 3.70. The number of amides is 1. The fourth-order valence-corrected chi connectivity index (χ4v) is 0.810. The average molecular weight is 117 g/mol. The predicted octanol–water partition coefficient (Wildman–Crippen LogP) is 0.233. The molecule has 8 heavy (non-hydrogen) atoms. The molecule has 0 aliphatic carbocycles. The molecular formula is C5H8FNO. The minimum Gasteiger partial charge on any atom is -0.351 e. The van der Waals surface area contributed by atoms with Crippen molar-refractivity contribution < 1.29 is 9.18 Å². The van der Waals surface area contributed by atoms with Crippen LogP contribution < -0.4 is 5.32 Å². The highest BCUT2D eigenvalue weighted by molar-refractivity contribution is 5.83. The zero-order valence-electron chi connectivity index (χ0n) is 4.65. The standard InChI is InChI=1S/C5H8FNO/c1-3-2-4(6)5(8)7-3/h3-4H,2H2,1H3,(H,7,8)/t3-,4-/m0/s1. The Morgan fingerprint density at radius 2 is 2.50 bits per heavy atom. The zero-order valence-corrected chi connectivity index (χ0v) is 4.65. The van der Waals surface area contributed by atoms with Gasteiger partial charge in [-0.15, -0.1) is 0 Å². The van der Waals surface area contributed by atoms with Crippen LogP contribution in [-0.4, -0.2) is 18.1 Å². The molecule has 1 N–H and O–H groups in total. The summed E-state index contributed by atoms with van der Waals surface area (Å²) < 4.78 is 12.2. The smallest absolute Gasteiger partial charge is 0.254 e. The van der Waals surface area contributed by atoms with Gasteiger partial charge in [-0.25, -0.2) is 4.39 Å². The number of carbonyl (C=O) groups excluding carboxylic acids is 1. The van der Waals surface area contributed by atoms with Gasteiger partial charge in [0.1, 0.15) is 0 Å². The van der Waals surface area contributed by atoms with E-state index in [4.69, 9.17) is 0 Å². The molecule has 1 saturated heterocycles. The van der Waals surface area contributed by atoms with Gasteiger partial charge in [0.2, 0.25) is 0 Å². The lowest BCUT2D eigenvalue weighted by Crippen LogP contribution is -2.24. The highest BCUT2D eigenvalue weighted by atomic mass is 19.1. The maximum Gasteiger partial charge on any atom is 0.254 e. The van der Waals surface area contributed by atoms with Crippen molar-refractivity contribution in [2.75, 3.05) is 0 Å². The summed E-state index contributed by atoms with van der Waals surface area (Å²) in [7, 11) is 0. The van der Waals surface area contributed by atoms with E-state index >= 15 is 0 Å². The molecule has 1 aliphatic rings. The topological polar surface area (TPSA) is 29.1 Å². The molecule has 0 aromatic carbocycles. The highest BCUT2D eigenvalue weighted by Gasteiger charge is 2.28. The molecule has 0 aromatic heterocycles. The van der Waals surface area contributed by atoms with Crippen LogP contribution in [0.15, 0.2) is 0 Å². The molecule has 1 amide bonds. The highest BCUT2D eigenvalue weighted by Crippen LogP contribution is 2.09. The molecule has 0 radical (unpaired) electrons. The number of carbonyl (C=O) groups is 1. The van der Waals surface area contributed by atoms with Crippen molar-refractivity contribution in [2.45, 2.75) is 25.6 Å². The number of rotatable bonds is 0. The van der Waals surface area contributed by atoms with E-state index in [1.165, 1.54) is 0 Å². The summed E-state index contributed by atoms with van der Waals surface area (Å²) in [6.07, 6.45) is -0.927. The van der Waals surface area contributed by atoms with Crippen LogP contribution in [0.1, 0.15) is 13.3 Å². The number of alkyl halides is 1. The molecule has 0 aromatic rings. The van der Waals surface area contributed by atoms with Crippen molar-refractivity contribution >= 4 is 5.91 Å². The molecule has 1 aliphatic heterocycles. The van der Waals surface area contributed by atoms with Crippen LogP contribution in [0.5, 0.6) is 0 Å². The average Bonchev–Trinajstić information content (AvgIpc) is 1.85. The van der Waals surface area contributed by atoms with Gasteiger partial charge in [-0.1, -0.05) is 0 Å². The van der Waals surface area contributed by atoms with Crippen molar-refractivity contribution in [3.63, 3.8) is 0 Å². The maximum absolute atomic E-state index is 12.2. The third-order valence-electron chi connectivity index (χ3n) is 1.23. The Bertz CT molecular complexity index is 115. The fraction of sp³-hybridized carbons (Fsp3) is 0.800. The molecular weight excluding hydrogens is 109 g/mol. The lowest BCUT2D eigenvalue weighted by Gasteiger charge is -1.94. The molecule has 0 unspecified atom stereocenters. The van der Waals surface area contributed by atoms with Crippen LogP contribution >= 0.6 is 0 Å². The fourth-order valence-electron chi connectivity index (χ4n) is 0.810. The molecule has 0 spiro atoms. The first-order valence-electron chi connectivity index (χ1n) is 2.64. The van der Waals surface area contributed by atoms with Crippen molar-refractivity contribution in [1.29, 1.82) is 0 Å². The maximum atomic E-state index is 12.2. The monoisotopic (exact) mass is 117 g/mol. The van der Waals surface area contributed by atoms with Crippen LogP contribution in [0.2, 0.25) is 0 Å². The molecule has 2 nitrogen and oxygen atoms in total. The van der Waals surface area contributed by atoms with Crippen molar-refractivity contribution in [2.24, 2.45) is 0 Å². The Hall–Kier alpha value is -0.600. The van der Waals surface area contributed by atoms with Gasteiger partial charge in [0.25, 0.3) is 5.91 Å². The van der Waals surface area contributed by atoms with Gasteiger partial charge in [0.05, 0.1) is 0 Å². The van der Waals surface area contributed by atoms with Crippen LogP contribution in [0.3, 0.4) is 0 Å². The molecule has 1 heterocycles. The van der Waals surface area contributed by atoms with Gasteiger partial charge in [-0.2, -0.15) is 0 Å². The van der Waals surface area contributed by atoms with Gasteiger partial charge in [-0.05, 0) is 6.92 Å². The van der Waals surface area contributed by atoms with Crippen LogP contribution in [0.4, 0.5) is 4.39 Å². The Balaban J connectivity index is 2.51. The summed E-state index contributed by atoms with van der Waals surface area (Å²) in [4.78, 5) is 10.3. The van der Waals surface area contributed by atoms with Gasteiger partial charge < -0.3 is 5.32 Å². The predicted molar refractivity (Wildman–Crippen MR) is 27.1 cm³/mol. The summed E-state index contributed by atoms with van der Waals surface area (Å²) in [6.45, 7) is 1.79. The van der Waals surface area contributed by atoms with Crippen LogP contribution in [-0.2, 0) is 4.79 Å². The second-order valence-corrected chi connectivity index (χ2v) is 2.11. The third kappa shape index (κ3) is 0.804. The Morgan fingerprint density at radius 1 is 1.88 bits per heavy atom. The van der Waals surface area contributed by atoms with Gasteiger partial charge in [-0.3, -0.25) is 4.79 Å². The largest absolute Gasteiger partial charge is 0.351 e. The number of hydrogen-bond acceptors (Lipinski definition) is 1. The Kier molecular flexibility index (Phi) is 1.19. The molecule has 1 fully saturated rings. The van der Waals surface area contributed by atoms with E-state index in [0.717, 1.165) is 0 Å². The first kappa shape index (κ1) is 5.54. The van der Waals surface area contributed by atoms with E-state index in [1.807, 2.05) is 0 Å². The Labute approximate surface area is 47.1 Å². The molecule has 0 bridgehead atoms. The number of nitrogens with one attached hydrogen (secondary N) is 1. The lowest BCUT2D eigenvalue weighted by atomic mass is 10.2. The van der Waals surface area contributed by atoms with E-state index in [9.17, 15) is 9.18 Å². The second-order valence-electron chi connectivity index (χ2n) is 2.11. The summed E-state index contributed by atoms with van der Waals surface area (Å²) in [5.41, 5.74) is 0. The second kappa shape index (κ2) is 1.73. The van der Waals surface area contributed by atoms with Crippen LogP contribution in [0, 0.1) is 0 Å². The summed E-state index contributed by atoms with van der Waals surface area (Å²) in [5.74, 6) is -0.461. The van der Waals surface area contributed by atoms with E-state index in [0.29, 0.717) is 6.42 Å². The first-order valence-corrected chi connectivity index (χ1v) is 2.64.